The average Bonchev–Trinajstić information content (AvgIpc) is 2.64. The molecule has 0 aliphatic carbocycles. The number of hydrogen-bond acceptors (Lipinski definition) is 3. The van der Waals surface area contributed by atoms with Gasteiger partial charge in [-0.05, 0) is 35.4 Å². The fraction of sp³-hybridized carbons (Fsp3) is 0.316. The number of morpholine rings is 1. The van der Waals surface area contributed by atoms with Crippen LogP contribution in [0.15, 0.2) is 42.5 Å². The van der Waals surface area contributed by atoms with Crippen LogP contribution in [0.1, 0.15) is 17.2 Å². The summed E-state index contributed by atoms with van der Waals surface area (Å²) in [6.07, 6.45) is -0.208. The van der Waals surface area contributed by atoms with E-state index in [9.17, 15) is 13.6 Å². The molecule has 6 heteroatoms. The van der Waals surface area contributed by atoms with Crippen molar-refractivity contribution in [2.24, 2.45) is 0 Å². The van der Waals surface area contributed by atoms with Gasteiger partial charge in [-0.25, -0.2) is 8.78 Å². The minimum absolute atomic E-state index is 0.0378. The molecule has 1 aliphatic heterocycles. The fourth-order valence-corrected chi connectivity index (χ4v) is 2.86. The molecule has 1 heterocycles. The Morgan fingerprint density at radius 2 is 2.08 bits per heavy atom. The monoisotopic (exact) mass is 347 g/mol. The first-order chi connectivity index (χ1) is 12.1. The predicted octanol–water partition coefficient (Wildman–Crippen LogP) is 3.12. The number of carbonyl (C=O) groups is 1. The van der Waals surface area contributed by atoms with Crippen molar-refractivity contribution in [3.63, 3.8) is 0 Å². The van der Waals surface area contributed by atoms with E-state index < -0.39 is 17.7 Å². The number of amides is 1. The summed E-state index contributed by atoms with van der Waals surface area (Å²) >= 11 is 0. The van der Waals surface area contributed by atoms with E-state index in [1.165, 1.54) is 6.07 Å². The van der Waals surface area contributed by atoms with Gasteiger partial charge in [0.25, 0.3) is 0 Å². The highest BCUT2D eigenvalue weighted by molar-refractivity contribution is 5.79. The first kappa shape index (κ1) is 17.4. The second-order valence-corrected chi connectivity index (χ2v) is 5.90. The summed E-state index contributed by atoms with van der Waals surface area (Å²) in [7, 11) is 1.58. The Morgan fingerprint density at radius 3 is 2.84 bits per heavy atom. The molecule has 1 amide bonds. The molecule has 2 aromatic carbocycles. The third-order valence-corrected chi connectivity index (χ3v) is 4.22. The minimum atomic E-state index is -0.916. The van der Waals surface area contributed by atoms with Gasteiger partial charge in [-0.2, -0.15) is 0 Å². The van der Waals surface area contributed by atoms with Gasteiger partial charge in [0.05, 0.1) is 26.7 Å². The van der Waals surface area contributed by atoms with Gasteiger partial charge in [0.2, 0.25) is 5.91 Å². The molecule has 1 saturated heterocycles. The molecule has 1 fully saturated rings. The molecule has 4 nitrogen and oxygen atoms in total. The summed E-state index contributed by atoms with van der Waals surface area (Å²) < 4.78 is 37.3. The smallest absolute Gasteiger partial charge is 0.227 e. The Morgan fingerprint density at radius 1 is 1.24 bits per heavy atom. The van der Waals surface area contributed by atoms with Crippen LogP contribution in [0, 0.1) is 11.6 Å². The third-order valence-electron chi connectivity index (χ3n) is 4.22. The highest BCUT2D eigenvalue weighted by atomic mass is 19.2. The zero-order valence-corrected chi connectivity index (χ0v) is 13.9. The number of halogens is 2. The highest BCUT2D eigenvalue weighted by Crippen LogP contribution is 2.24. The maximum Gasteiger partial charge on any atom is 0.227 e. The van der Waals surface area contributed by atoms with Crippen molar-refractivity contribution >= 4 is 5.91 Å². The maximum absolute atomic E-state index is 13.4. The van der Waals surface area contributed by atoms with E-state index >= 15 is 0 Å². The quantitative estimate of drug-likeness (QED) is 0.853. The molecule has 0 N–H and O–H groups in total. The van der Waals surface area contributed by atoms with Gasteiger partial charge in [0, 0.05) is 6.54 Å². The number of rotatable bonds is 4. The molecular weight excluding hydrogens is 328 g/mol. The van der Waals surface area contributed by atoms with Crippen LogP contribution in [0.3, 0.4) is 0 Å². The molecule has 2 aromatic rings. The van der Waals surface area contributed by atoms with E-state index in [1.54, 1.807) is 12.0 Å². The molecule has 3 rings (SSSR count). The van der Waals surface area contributed by atoms with Crippen molar-refractivity contribution in [1.82, 2.24) is 4.90 Å². The Labute approximate surface area is 145 Å². The van der Waals surface area contributed by atoms with E-state index in [4.69, 9.17) is 9.47 Å². The second kappa shape index (κ2) is 7.61. The Hall–Kier alpha value is -2.47. The lowest BCUT2D eigenvalue weighted by atomic mass is 10.1. The lowest BCUT2D eigenvalue weighted by Crippen LogP contribution is -2.43. The second-order valence-electron chi connectivity index (χ2n) is 5.90. The van der Waals surface area contributed by atoms with Crippen LogP contribution in [-0.2, 0) is 16.0 Å². The van der Waals surface area contributed by atoms with E-state index in [0.717, 1.165) is 17.7 Å². The van der Waals surface area contributed by atoms with Crippen LogP contribution in [0.25, 0.3) is 0 Å². The van der Waals surface area contributed by atoms with Gasteiger partial charge in [0.1, 0.15) is 11.9 Å². The van der Waals surface area contributed by atoms with Crippen molar-refractivity contribution in [1.29, 1.82) is 0 Å². The summed E-state index contributed by atoms with van der Waals surface area (Å²) in [6.45, 7) is 1.14. The normalized spacial score (nSPS) is 17.4. The molecular formula is C19H19F2NO3. The molecule has 0 spiro atoms. The van der Waals surface area contributed by atoms with E-state index in [2.05, 4.69) is 0 Å². The highest BCUT2D eigenvalue weighted by Gasteiger charge is 2.26. The van der Waals surface area contributed by atoms with Crippen molar-refractivity contribution in [2.75, 3.05) is 26.8 Å². The minimum Gasteiger partial charge on any atom is -0.497 e. The molecule has 25 heavy (non-hydrogen) atoms. The third kappa shape index (κ3) is 4.14. The molecule has 0 bridgehead atoms. The number of hydrogen-bond donors (Lipinski definition) is 0. The Kier molecular flexibility index (Phi) is 5.28. The Balaban J connectivity index is 1.67. The van der Waals surface area contributed by atoms with Crippen molar-refractivity contribution < 1.29 is 23.0 Å². The predicted molar refractivity (Wildman–Crippen MR) is 88.3 cm³/mol. The number of ether oxygens (including phenoxy) is 2. The number of methoxy groups -OCH3 is 1. The van der Waals surface area contributed by atoms with Crippen molar-refractivity contribution in [3.8, 4) is 5.75 Å². The molecule has 1 atom stereocenters. The summed E-state index contributed by atoms with van der Waals surface area (Å²) in [6, 6.07) is 11.0. The zero-order chi connectivity index (χ0) is 17.8. The molecule has 0 unspecified atom stereocenters. The fourth-order valence-electron chi connectivity index (χ4n) is 2.86. The average molecular weight is 347 g/mol. The summed E-state index contributed by atoms with van der Waals surface area (Å²) in [4.78, 5) is 14.2. The SMILES string of the molecule is COc1cccc(CC(=O)N2CCO[C@H](c3ccc(F)c(F)c3)C2)c1. The van der Waals surface area contributed by atoms with Crippen molar-refractivity contribution in [3.05, 3.63) is 65.2 Å². The van der Waals surface area contributed by atoms with Gasteiger partial charge >= 0.3 is 0 Å². The van der Waals surface area contributed by atoms with Gasteiger partial charge in [-0.15, -0.1) is 0 Å². The standard InChI is InChI=1S/C19H19F2NO3/c1-24-15-4-2-3-13(9-15)10-19(23)22-7-8-25-18(12-22)14-5-6-16(20)17(21)11-14/h2-6,9,11,18H,7-8,10,12H2,1H3/t18-/m0/s1. The largest absolute Gasteiger partial charge is 0.497 e. The number of nitrogens with zero attached hydrogens (tertiary/aromatic N) is 1. The zero-order valence-electron chi connectivity index (χ0n) is 13.9. The van der Waals surface area contributed by atoms with E-state index in [1.807, 2.05) is 24.3 Å². The van der Waals surface area contributed by atoms with Gasteiger partial charge in [-0.1, -0.05) is 18.2 Å². The van der Waals surface area contributed by atoms with Crippen LogP contribution in [0.5, 0.6) is 5.75 Å². The van der Waals surface area contributed by atoms with Crippen LogP contribution in [0.2, 0.25) is 0 Å². The van der Waals surface area contributed by atoms with Crippen LogP contribution < -0.4 is 4.74 Å². The molecule has 0 saturated carbocycles. The van der Waals surface area contributed by atoms with Crippen molar-refractivity contribution in [2.45, 2.75) is 12.5 Å². The van der Waals surface area contributed by atoms with Crippen LogP contribution in [-0.4, -0.2) is 37.6 Å². The number of carbonyl (C=O) groups excluding carboxylic acids is 1. The van der Waals surface area contributed by atoms with E-state index in [0.29, 0.717) is 31.0 Å². The topological polar surface area (TPSA) is 38.8 Å². The molecule has 132 valence electrons. The van der Waals surface area contributed by atoms with E-state index in [-0.39, 0.29) is 12.3 Å². The first-order valence-electron chi connectivity index (χ1n) is 8.04. The number of benzene rings is 2. The lowest BCUT2D eigenvalue weighted by molar-refractivity contribution is -0.138. The Bertz CT molecular complexity index is 766. The van der Waals surface area contributed by atoms with Gasteiger partial charge < -0.3 is 14.4 Å². The summed E-state index contributed by atoms with van der Waals surface area (Å²) in [5, 5.41) is 0. The first-order valence-corrected chi connectivity index (χ1v) is 8.04. The van der Waals surface area contributed by atoms with Crippen LogP contribution >= 0.6 is 0 Å². The maximum atomic E-state index is 13.4. The van der Waals surface area contributed by atoms with Gasteiger partial charge in [-0.3, -0.25) is 4.79 Å². The van der Waals surface area contributed by atoms with Crippen LogP contribution in [0.4, 0.5) is 8.78 Å². The molecule has 1 aliphatic rings. The van der Waals surface area contributed by atoms with Gasteiger partial charge in [0.15, 0.2) is 11.6 Å². The molecule has 0 aromatic heterocycles. The lowest BCUT2D eigenvalue weighted by Gasteiger charge is -2.33. The molecule has 0 radical (unpaired) electrons. The summed E-state index contributed by atoms with van der Waals surface area (Å²) in [5.41, 5.74) is 1.39. The summed E-state index contributed by atoms with van der Waals surface area (Å²) in [5.74, 6) is -1.15.